The molecule has 0 aliphatic carbocycles. The molecule has 7 nitrogen and oxygen atoms in total. The fourth-order valence-corrected chi connectivity index (χ4v) is 2.69. The molecule has 0 aliphatic heterocycles. The molecule has 0 fully saturated rings. The van der Waals surface area contributed by atoms with Crippen LogP contribution in [0.25, 0.3) is 11.0 Å². The molecule has 0 atom stereocenters. The van der Waals surface area contributed by atoms with E-state index >= 15 is 0 Å². The summed E-state index contributed by atoms with van der Waals surface area (Å²) in [6, 6.07) is 10.6. The number of carbonyl (C=O) groups is 3. The summed E-state index contributed by atoms with van der Waals surface area (Å²) in [5.41, 5.74) is 4.50. The average molecular weight is 419 g/mol. The minimum atomic E-state index is -4.51. The number of carbonyl (C=O) groups excluding carboxylic acids is 3. The maximum absolute atomic E-state index is 12.5. The van der Waals surface area contributed by atoms with E-state index in [2.05, 4.69) is 16.2 Å². The van der Waals surface area contributed by atoms with Gasteiger partial charge in [0.1, 0.15) is 5.58 Å². The predicted octanol–water partition coefficient (Wildman–Crippen LogP) is 2.95. The number of benzene rings is 2. The number of hydrogen-bond donors (Lipinski definition) is 3. The molecule has 1 aromatic heterocycles. The van der Waals surface area contributed by atoms with E-state index in [1.165, 1.54) is 0 Å². The molecule has 0 saturated carbocycles. The molecule has 0 unspecified atom stereocenters. The summed E-state index contributed by atoms with van der Waals surface area (Å²) in [6.45, 7) is 1.20. The van der Waals surface area contributed by atoms with Crippen LogP contribution in [0.4, 0.5) is 13.2 Å². The Morgan fingerprint density at radius 3 is 2.23 bits per heavy atom. The van der Waals surface area contributed by atoms with Gasteiger partial charge in [0.15, 0.2) is 5.76 Å². The zero-order chi connectivity index (χ0) is 21.9. The number of para-hydroxylation sites is 1. The van der Waals surface area contributed by atoms with Crippen molar-refractivity contribution in [1.29, 1.82) is 0 Å². The van der Waals surface area contributed by atoms with E-state index in [9.17, 15) is 27.6 Å². The Bertz CT molecular complexity index is 1100. The van der Waals surface area contributed by atoms with Gasteiger partial charge in [-0.05, 0) is 37.3 Å². The first-order valence-electron chi connectivity index (χ1n) is 8.69. The van der Waals surface area contributed by atoms with Gasteiger partial charge in [-0.2, -0.15) is 13.2 Å². The van der Waals surface area contributed by atoms with Gasteiger partial charge in [-0.3, -0.25) is 25.2 Å². The predicted molar refractivity (Wildman–Crippen MR) is 100 cm³/mol. The van der Waals surface area contributed by atoms with Crippen molar-refractivity contribution in [1.82, 2.24) is 16.2 Å². The molecule has 3 N–H and O–H groups in total. The van der Waals surface area contributed by atoms with Crippen LogP contribution < -0.4 is 16.2 Å². The summed E-state index contributed by atoms with van der Waals surface area (Å²) in [6.07, 6.45) is -4.51. The molecule has 0 aliphatic rings. The van der Waals surface area contributed by atoms with Crippen LogP contribution in [0.2, 0.25) is 0 Å². The van der Waals surface area contributed by atoms with Crippen molar-refractivity contribution in [3.8, 4) is 0 Å². The second-order valence-electron chi connectivity index (χ2n) is 6.31. The molecule has 3 aromatic rings. The smallest absolute Gasteiger partial charge is 0.416 e. The summed E-state index contributed by atoms with van der Waals surface area (Å²) in [7, 11) is 0. The van der Waals surface area contributed by atoms with Crippen molar-refractivity contribution in [2.24, 2.45) is 0 Å². The Kier molecular flexibility index (Phi) is 5.77. The van der Waals surface area contributed by atoms with Crippen molar-refractivity contribution in [2.45, 2.75) is 13.1 Å². The summed E-state index contributed by atoms with van der Waals surface area (Å²) < 4.78 is 43.1. The molecular weight excluding hydrogens is 403 g/mol. The van der Waals surface area contributed by atoms with Gasteiger partial charge in [0.25, 0.3) is 11.8 Å². The van der Waals surface area contributed by atoms with Gasteiger partial charge < -0.3 is 9.73 Å². The Balaban J connectivity index is 1.51. The lowest BCUT2D eigenvalue weighted by Crippen LogP contribution is -2.46. The molecule has 10 heteroatoms. The largest absolute Gasteiger partial charge is 0.451 e. The number of aryl methyl sites for hydroxylation is 1. The molecule has 156 valence electrons. The molecule has 0 radical (unpaired) electrons. The van der Waals surface area contributed by atoms with Crippen LogP contribution in [0.3, 0.4) is 0 Å². The van der Waals surface area contributed by atoms with Crippen molar-refractivity contribution in [3.63, 3.8) is 0 Å². The normalized spacial score (nSPS) is 11.2. The lowest BCUT2D eigenvalue weighted by molar-refractivity contribution is -0.137. The van der Waals surface area contributed by atoms with Gasteiger partial charge in [-0.1, -0.05) is 18.2 Å². The minimum absolute atomic E-state index is 0.0327. The summed E-state index contributed by atoms with van der Waals surface area (Å²) in [5, 5.41) is 3.01. The zero-order valence-electron chi connectivity index (χ0n) is 15.6. The van der Waals surface area contributed by atoms with Crippen LogP contribution in [0.5, 0.6) is 0 Å². The number of alkyl halides is 3. The van der Waals surface area contributed by atoms with Crippen LogP contribution in [0, 0.1) is 6.92 Å². The zero-order valence-corrected chi connectivity index (χ0v) is 15.6. The fourth-order valence-electron chi connectivity index (χ4n) is 2.69. The summed E-state index contributed by atoms with van der Waals surface area (Å²) >= 11 is 0. The van der Waals surface area contributed by atoms with E-state index in [-0.39, 0.29) is 11.3 Å². The molecule has 0 bridgehead atoms. The first kappa shape index (κ1) is 20.9. The standard InChI is InChI=1S/C20H16F3N3O4/c1-11-14-4-2-3-5-15(14)30-17(11)19(29)26-25-16(27)10-24-18(28)12-6-8-13(9-7-12)20(21,22)23/h2-9H,10H2,1H3,(H,24,28)(H,25,27)(H,26,29). The average Bonchev–Trinajstić information content (AvgIpc) is 3.06. The van der Waals surface area contributed by atoms with Crippen molar-refractivity contribution in [2.75, 3.05) is 6.54 Å². The van der Waals surface area contributed by atoms with Gasteiger partial charge in [0.2, 0.25) is 0 Å². The van der Waals surface area contributed by atoms with Gasteiger partial charge in [0, 0.05) is 16.5 Å². The Morgan fingerprint density at radius 2 is 1.60 bits per heavy atom. The first-order valence-corrected chi connectivity index (χ1v) is 8.69. The maximum atomic E-state index is 12.5. The van der Waals surface area contributed by atoms with Crippen LogP contribution >= 0.6 is 0 Å². The van der Waals surface area contributed by atoms with Gasteiger partial charge >= 0.3 is 12.1 Å². The fraction of sp³-hybridized carbons (Fsp3) is 0.150. The quantitative estimate of drug-likeness (QED) is 0.566. The second kappa shape index (κ2) is 8.27. The molecule has 3 rings (SSSR count). The molecular formula is C20H16F3N3O4. The number of amides is 3. The van der Waals surface area contributed by atoms with Crippen LogP contribution in [0.1, 0.15) is 32.0 Å². The van der Waals surface area contributed by atoms with Crippen LogP contribution in [-0.2, 0) is 11.0 Å². The highest BCUT2D eigenvalue weighted by Crippen LogP contribution is 2.29. The number of nitrogens with one attached hydrogen (secondary N) is 3. The van der Waals surface area contributed by atoms with Gasteiger partial charge in [-0.25, -0.2) is 0 Å². The van der Waals surface area contributed by atoms with E-state index in [4.69, 9.17) is 4.42 Å². The summed E-state index contributed by atoms with van der Waals surface area (Å²) in [5.74, 6) is -2.12. The highest BCUT2D eigenvalue weighted by molar-refractivity contribution is 6.00. The molecule has 30 heavy (non-hydrogen) atoms. The molecule has 0 saturated heterocycles. The number of rotatable bonds is 4. The lowest BCUT2D eigenvalue weighted by Gasteiger charge is -2.09. The van der Waals surface area contributed by atoms with E-state index in [0.717, 1.165) is 29.7 Å². The van der Waals surface area contributed by atoms with Crippen molar-refractivity contribution >= 4 is 28.7 Å². The number of halogens is 3. The van der Waals surface area contributed by atoms with Gasteiger partial charge in [-0.15, -0.1) is 0 Å². The van der Waals surface area contributed by atoms with Gasteiger partial charge in [0.05, 0.1) is 12.1 Å². The second-order valence-corrected chi connectivity index (χ2v) is 6.31. The third-order valence-corrected chi connectivity index (χ3v) is 4.25. The Hall–Kier alpha value is -3.82. The highest BCUT2D eigenvalue weighted by Gasteiger charge is 2.30. The monoisotopic (exact) mass is 419 g/mol. The third kappa shape index (κ3) is 4.59. The lowest BCUT2D eigenvalue weighted by atomic mass is 10.1. The van der Waals surface area contributed by atoms with E-state index < -0.39 is 36.0 Å². The maximum Gasteiger partial charge on any atom is 0.416 e. The Morgan fingerprint density at radius 1 is 0.933 bits per heavy atom. The van der Waals surface area contributed by atoms with Crippen LogP contribution in [-0.4, -0.2) is 24.3 Å². The number of fused-ring (bicyclic) bond motifs is 1. The Labute approximate surface area is 168 Å². The SMILES string of the molecule is Cc1c(C(=O)NNC(=O)CNC(=O)c2ccc(C(F)(F)F)cc2)oc2ccccc12. The molecule has 2 aromatic carbocycles. The highest BCUT2D eigenvalue weighted by atomic mass is 19.4. The van der Waals surface area contributed by atoms with Crippen LogP contribution in [0.15, 0.2) is 52.9 Å². The third-order valence-electron chi connectivity index (χ3n) is 4.25. The minimum Gasteiger partial charge on any atom is -0.451 e. The number of hydrogen-bond acceptors (Lipinski definition) is 4. The summed E-state index contributed by atoms with van der Waals surface area (Å²) in [4.78, 5) is 36.0. The topological polar surface area (TPSA) is 100 Å². The molecule has 3 amide bonds. The van der Waals surface area contributed by atoms with E-state index in [1.54, 1.807) is 31.2 Å². The van der Waals surface area contributed by atoms with Crippen molar-refractivity contribution < 1.29 is 32.0 Å². The number of furan rings is 1. The first-order chi connectivity index (χ1) is 14.2. The molecule has 1 heterocycles. The number of hydrazine groups is 1. The van der Waals surface area contributed by atoms with E-state index in [0.29, 0.717) is 11.1 Å². The molecule has 0 spiro atoms. The van der Waals surface area contributed by atoms with Crippen molar-refractivity contribution in [3.05, 3.63) is 71.0 Å². The van der Waals surface area contributed by atoms with E-state index in [1.807, 2.05) is 0 Å².